The maximum absolute atomic E-state index is 11.8. The number of Topliss-reactive ketones (excluding diaryl/α,β-unsaturated/α-hetero) is 1. The SMILES string of the molecule is CCCOC(=O)CC(=O)c1ccc([N+](=O)[O-])cc1[N+](=O)[O-]. The Hall–Kier alpha value is -2.84. The number of esters is 1. The fraction of sp³-hybridized carbons (Fsp3) is 0.333. The molecule has 0 heterocycles. The zero-order valence-electron chi connectivity index (χ0n) is 11.1. The number of carbonyl (C=O) groups excluding carboxylic acids is 2. The third-order valence-electron chi connectivity index (χ3n) is 2.46. The van der Waals surface area contributed by atoms with E-state index in [0.29, 0.717) is 12.5 Å². The molecule has 0 atom stereocenters. The van der Waals surface area contributed by atoms with E-state index in [-0.39, 0.29) is 12.2 Å². The third-order valence-corrected chi connectivity index (χ3v) is 2.46. The Labute approximate surface area is 118 Å². The molecular formula is C12H12N2O7. The number of rotatable bonds is 7. The molecule has 1 rings (SSSR count). The molecule has 0 saturated carbocycles. The number of nitro groups is 2. The minimum Gasteiger partial charge on any atom is -0.465 e. The van der Waals surface area contributed by atoms with Crippen LogP contribution in [0.3, 0.4) is 0 Å². The van der Waals surface area contributed by atoms with E-state index in [1.165, 1.54) is 0 Å². The summed E-state index contributed by atoms with van der Waals surface area (Å²) in [5.41, 5.74) is -1.58. The molecule has 0 saturated heterocycles. The molecule has 0 bridgehead atoms. The first-order valence-electron chi connectivity index (χ1n) is 5.98. The number of hydrogen-bond donors (Lipinski definition) is 0. The fourth-order valence-corrected chi connectivity index (χ4v) is 1.51. The van der Waals surface area contributed by atoms with E-state index in [4.69, 9.17) is 4.74 Å². The maximum Gasteiger partial charge on any atom is 0.313 e. The molecule has 0 unspecified atom stereocenters. The van der Waals surface area contributed by atoms with Crippen molar-refractivity contribution in [3.05, 3.63) is 44.0 Å². The number of nitrogens with zero attached hydrogens (tertiary/aromatic N) is 2. The van der Waals surface area contributed by atoms with Gasteiger partial charge in [-0.15, -0.1) is 0 Å². The van der Waals surface area contributed by atoms with E-state index in [0.717, 1.165) is 12.1 Å². The lowest BCUT2D eigenvalue weighted by Gasteiger charge is -2.03. The summed E-state index contributed by atoms with van der Waals surface area (Å²) < 4.78 is 4.71. The third kappa shape index (κ3) is 4.34. The molecule has 0 aliphatic heterocycles. The summed E-state index contributed by atoms with van der Waals surface area (Å²) in [6.45, 7) is 1.92. The van der Waals surface area contributed by atoms with Gasteiger partial charge in [-0.25, -0.2) is 0 Å². The summed E-state index contributed by atoms with van der Waals surface area (Å²) in [7, 11) is 0. The fourth-order valence-electron chi connectivity index (χ4n) is 1.51. The topological polar surface area (TPSA) is 130 Å². The minimum atomic E-state index is -0.905. The van der Waals surface area contributed by atoms with Crippen LogP contribution in [0.25, 0.3) is 0 Å². The van der Waals surface area contributed by atoms with Crippen molar-refractivity contribution in [3.63, 3.8) is 0 Å². The summed E-state index contributed by atoms with van der Waals surface area (Å²) in [6.07, 6.45) is -0.0732. The van der Waals surface area contributed by atoms with Gasteiger partial charge in [0.1, 0.15) is 6.42 Å². The first-order valence-corrected chi connectivity index (χ1v) is 5.98. The van der Waals surface area contributed by atoms with E-state index in [1.807, 2.05) is 0 Å². The molecule has 0 radical (unpaired) electrons. The van der Waals surface area contributed by atoms with E-state index in [2.05, 4.69) is 0 Å². The van der Waals surface area contributed by atoms with Crippen LogP contribution in [0.5, 0.6) is 0 Å². The van der Waals surface area contributed by atoms with E-state index in [9.17, 15) is 29.8 Å². The number of ketones is 1. The van der Waals surface area contributed by atoms with Crippen LogP contribution in [-0.2, 0) is 9.53 Å². The standard InChI is InChI=1S/C12H12N2O7/c1-2-5-21-12(16)7-11(15)9-4-3-8(13(17)18)6-10(9)14(19)20/h3-4,6H,2,5,7H2,1H3. The van der Waals surface area contributed by atoms with Crippen molar-refractivity contribution in [2.24, 2.45) is 0 Å². The molecule has 1 aromatic carbocycles. The summed E-state index contributed by atoms with van der Waals surface area (Å²) in [6, 6.07) is 2.62. The van der Waals surface area contributed by atoms with Gasteiger partial charge in [-0.3, -0.25) is 29.8 Å². The second-order valence-electron chi connectivity index (χ2n) is 4.04. The molecule has 0 aliphatic carbocycles. The van der Waals surface area contributed by atoms with Crippen LogP contribution in [-0.4, -0.2) is 28.2 Å². The van der Waals surface area contributed by atoms with Crippen LogP contribution in [0.1, 0.15) is 30.1 Å². The van der Waals surface area contributed by atoms with Gasteiger partial charge in [-0.2, -0.15) is 0 Å². The van der Waals surface area contributed by atoms with Gasteiger partial charge in [0.2, 0.25) is 0 Å². The average Bonchev–Trinajstić information content (AvgIpc) is 2.44. The molecule has 1 aromatic rings. The van der Waals surface area contributed by atoms with Gasteiger partial charge in [-0.1, -0.05) is 6.92 Å². The Morgan fingerprint density at radius 3 is 2.38 bits per heavy atom. The van der Waals surface area contributed by atoms with Crippen LogP contribution in [0.15, 0.2) is 18.2 Å². The number of ether oxygens (including phenoxy) is 1. The molecule has 0 aliphatic rings. The summed E-state index contributed by atoms with van der Waals surface area (Å²) in [5.74, 6) is -1.62. The highest BCUT2D eigenvalue weighted by atomic mass is 16.6. The Kier molecular flexibility index (Phi) is 5.47. The smallest absolute Gasteiger partial charge is 0.313 e. The van der Waals surface area contributed by atoms with Crippen molar-refractivity contribution in [1.29, 1.82) is 0 Å². The van der Waals surface area contributed by atoms with Gasteiger partial charge in [0, 0.05) is 6.07 Å². The van der Waals surface area contributed by atoms with E-state index >= 15 is 0 Å². The monoisotopic (exact) mass is 296 g/mol. The van der Waals surface area contributed by atoms with E-state index < -0.39 is 39.4 Å². The number of hydrogen-bond acceptors (Lipinski definition) is 7. The maximum atomic E-state index is 11.8. The summed E-state index contributed by atoms with van der Waals surface area (Å²) >= 11 is 0. The van der Waals surface area contributed by atoms with Gasteiger partial charge >= 0.3 is 5.97 Å². The van der Waals surface area contributed by atoms with Crippen molar-refractivity contribution in [2.75, 3.05) is 6.61 Å². The van der Waals surface area contributed by atoms with Gasteiger partial charge < -0.3 is 4.74 Å². The van der Waals surface area contributed by atoms with Crippen molar-refractivity contribution >= 4 is 23.1 Å². The highest BCUT2D eigenvalue weighted by molar-refractivity contribution is 6.08. The first-order chi connectivity index (χ1) is 9.86. The number of carbonyl (C=O) groups is 2. The predicted molar refractivity (Wildman–Crippen MR) is 69.9 cm³/mol. The minimum absolute atomic E-state index is 0.147. The van der Waals surface area contributed by atoms with Gasteiger partial charge in [0.05, 0.1) is 28.1 Å². The molecule has 9 heteroatoms. The van der Waals surface area contributed by atoms with Gasteiger partial charge in [0.15, 0.2) is 5.78 Å². The largest absolute Gasteiger partial charge is 0.465 e. The number of benzene rings is 1. The quantitative estimate of drug-likeness (QED) is 0.247. The molecular weight excluding hydrogens is 284 g/mol. The normalized spacial score (nSPS) is 9.95. The molecule has 112 valence electrons. The predicted octanol–water partition coefficient (Wildman–Crippen LogP) is 2.03. The second-order valence-corrected chi connectivity index (χ2v) is 4.04. The summed E-state index contributed by atoms with van der Waals surface area (Å²) in [4.78, 5) is 42.9. The highest BCUT2D eigenvalue weighted by Gasteiger charge is 2.25. The van der Waals surface area contributed by atoms with Crippen molar-refractivity contribution < 1.29 is 24.2 Å². The van der Waals surface area contributed by atoms with E-state index in [1.54, 1.807) is 6.92 Å². The van der Waals surface area contributed by atoms with Crippen LogP contribution in [0.4, 0.5) is 11.4 Å². The first kappa shape index (κ1) is 16.2. The highest BCUT2D eigenvalue weighted by Crippen LogP contribution is 2.25. The number of nitro benzene ring substituents is 2. The average molecular weight is 296 g/mol. The zero-order valence-corrected chi connectivity index (χ0v) is 11.1. The Balaban J connectivity index is 3.01. The molecule has 0 fully saturated rings. The Morgan fingerprint density at radius 2 is 1.86 bits per heavy atom. The molecule has 9 nitrogen and oxygen atoms in total. The van der Waals surface area contributed by atoms with Crippen LogP contribution in [0.2, 0.25) is 0 Å². The Morgan fingerprint density at radius 1 is 1.19 bits per heavy atom. The molecule has 0 aromatic heterocycles. The molecule has 0 amide bonds. The summed E-state index contributed by atoms with van der Waals surface area (Å²) in [5, 5.41) is 21.5. The van der Waals surface area contributed by atoms with Crippen molar-refractivity contribution in [3.8, 4) is 0 Å². The zero-order chi connectivity index (χ0) is 16.0. The molecule has 0 spiro atoms. The van der Waals surface area contributed by atoms with Crippen LogP contribution in [0, 0.1) is 20.2 Å². The lowest BCUT2D eigenvalue weighted by atomic mass is 10.1. The van der Waals surface area contributed by atoms with Crippen molar-refractivity contribution in [1.82, 2.24) is 0 Å². The number of non-ortho nitro benzene ring substituents is 1. The van der Waals surface area contributed by atoms with Crippen molar-refractivity contribution in [2.45, 2.75) is 19.8 Å². The molecule has 21 heavy (non-hydrogen) atoms. The van der Waals surface area contributed by atoms with Crippen LogP contribution >= 0.6 is 0 Å². The Bertz CT molecular complexity index is 597. The lowest BCUT2D eigenvalue weighted by Crippen LogP contribution is -2.13. The lowest BCUT2D eigenvalue weighted by molar-refractivity contribution is -0.394. The van der Waals surface area contributed by atoms with Crippen LogP contribution < -0.4 is 0 Å². The van der Waals surface area contributed by atoms with Gasteiger partial charge in [-0.05, 0) is 12.5 Å². The van der Waals surface area contributed by atoms with Gasteiger partial charge in [0.25, 0.3) is 11.4 Å². The molecule has 0 N–H and O–H groups in total. The second kappa shape index (κ2) is 7.08.